The minimum atomic E-state index is 0.600. The Hall–Kier alpha value is -1.88. The van der Waals surface area contributed by atoms with E-state index in [0.717, 1.165) is 18.3 Å². The third-order valence-corrected chi connectivity index (χ3v) is 3.15. The maximum atomic E-state index is 5.66. The smallest absolute Gasteiger partial charge is 0.137 e. The summed E-state index contributed by atoms with van der Waals surface area (Å²) in [7, 11) is 0. The molecule has 5 heteroatoms. The second-order valence-corrected chi connectivity index (χ2v) is 4.81. The first-order chi connectivity index (χ1) is 9.40. The molecular formula is C14H18N4O. The average Bonchev–Trinajstić information content (AvgIpc) is 3.13. The summed E-state index contributed by atoms with van der Waals surface area (Å²) in [6.45, 7) is 2.26. The van der Waals surface area contributed by atoms with E-state index in [-0.39, 0.29) is 0 Å². The van der Waals surface area contributed by atoms with Crippen LogP contribution in [0.2, 0.25) is 0 Å². The third kappa shape index (κ3) is 3.79. The van der Waals surface area contributed by atoms with Gasteiger partial charge in [-0.3, -0.25) is 0 Å². The molecular weight excluding hydrogens is 240 g/mol. The van der Waals surface area contributed by atoms with Crippen molar-refractivity contribution in [2.45, 2.75) is 32.0 Å². The lowest BCUT2D eigenvalue weighted by atomic mass is 10.2. The molecule has 5 nitrogen and oxygen atoms in total. The number of benzene rings is 1. The molecule has 0 bridgehead atoms. The fourth-order valence-corrected chi connectivity index (χ4v) is 1.86. The second-order valence-electron chi connectivity index (χ2n) is 4.81. The molecule has 1 saturated carbocycles. The lowest BCUT2D eigenvalue weighted by Crippen LogP contribution is -2.15. The van der Waals surface area contributed by atoms with Gasteiger partial charge in [0, 0.05) is 12.6 Å². The normalized spacial score (nSPS) is 14.5. The maximum Gasteiger partial charge on any atom is 0.137 e. The summed E-state index contributed by atoms with van der Waals surface area (Å²) in [5.74, 6) is 0.898. The summed E-state index contributed by atoms with van der Waals surface area (Å²) >= 11 is 0. The third-order valence-electron chi connectivity index (χ3n) is 3.15. The van der Waals surface area contributed by atoms with Crippen molar-refractivity contribution in [1.82, 2.24) is 20.1 Å². The van der Waals surface area contributed by atoms with Crippen molar-refractivity contribution >= 4 is 0 Å². The highest BCUT2D eigenvalue weighted by Crippen LogP contribution is 2.19. The molecule has 1 aliphatic carbocycles. The van der Waals surface area contributed by atoms with Crippen LogP contribution in [0.3, 0.4) is 0 Å². The lowest BCUT2D eigenvalue weighted by molar-refractivity contribution is 0.291. The number of ether oxygens (including phenoxy) is 1. The topological polar surface area (TPSA) is 52.0 Å². The maximum absolute atomic E-state index is 5.66. The summed E-state index contributed by atoms with van der Waals surface area (Å²) < 4.78 is 7.42. The van der Waals surface area contributed by atoms with Crippen LogP contribution < -0.4 is 10.1 Å². The summed E-state index contributed by atoms with van der Waals surface area (Å²) in [6.07, 6.45) is 5.87. The Bertz CT molecular complexity index is 491. The molecule has 100 valence electrons. The first kappa shape index (κ1) is 12.2. The van der Waals surface area contributed by atoms with E-state index in [9.17, 15) is 0 Å². The minimum Gasteiger partial charge on any atom is -0.492 e. The highest BCUT2D eigenvalue weighted by molar-refractivity contribution is 5.27. The molecule has 1 heterocycles. The SMILES string of the molecule is c1ncn(CCOc2ccc(CNC3CC3)cc2)n1. The van der Waals surface area contributed by atoms with Crippen LogP contribution in [-0.4, -0.2) is 27.4 Å². The molecule has 1 aromatic carbocycles. The van der Waals surface area contributed by atoms with Crippen molar-refractivity contribution in [2.24, 2.45) is 0 Å². The Morgan fingerprint density at radius 3 is 2.79 bits per heavy atom. The van der Waals surface area contributed by atoms with E-state index in [1.54, 1.807) is 11.0 Å². The van der Waals surface area contributed by atoms with Crippen molar-refractivity contribution in [1.29, 1.82) is 0 Å². The van der Waals surface area contributed by atoms with Crippen LogP contribution in [0.4, 0.5) is 0 Å². The monoisotopic (exact) mass is 258 g/mol. The first-order valence-electron chi connectivity index (χ1n) is 6.68. The Morgan fingerprint density at radius 1 is 1.26 bits per heavy atom. The van der Waals surface area contributed by atoms with Gasteiger partial charge in [-0.25, -0.2) is 9.67 Å². The van der Waals surface area contributed by atoms with Gasteiger partial charge in [0.05, 0.1) is 6.54 Å². The van der Waals surface area contributed by atoms with Crippen molar-refractivity contribution < 1.29 is 4.74 Å². The van der Waals surface area contributed by atoms with E-state index >= 15 is 0 Å². The van der Waals surface area contributed by atoms with Crippen LogP contribution in [0.15, 0.2) is 36.9 Å². The highest BCUT2D eigenvalue weighted by atomic mass is 16.5. The summed E-state index contributed by atoms with van der Waals surface area (Å²) in [6, 6.07) is 9.01. The van der Waals surface area contributed by atoms with Crippen molar-refractivity contribution in [3.05, 3.63) is 42.5 Å². The van der Waals surface area contributed by atoms with Crippen LogP contribution in [0.5, 0.6) is 5.75 Å². The predicted molar refractivity (Wildman–Crippen MR) is 71.8 cm³/mol. The van der Waals surface area contributed by atoms with Gasteiger partial charge in [-0.05, 0) is 30.5 Å². The van der Waals surface area contributed by atoms with Crippen molar-refractivity contribution in [3.63, 3.8) is 0 Å². The van der Waals surface area contributed by atoms with Crippen LogP contribution in [0.1, 0.15) is 18.4 Å². The first-order valence-corrected chi connectivity index (χ1v) is 6.68. The molecule has 19 heavy (non-hydrogen) atoms. The molecule has 2 aromatic rings. The Labute approximate surface area is 112 Å². The minimum absolute atomic E-state index is 0.600. The lowest BCUT2D eigenvalue weighted by Gasteiger charge is -2.07. The molecule has 0 atom stereocenters. The zero-order valence-corrected chi connectivity index (χ0v) is 10.8. The fraction of sp³-hybridized carbons (Fsp3) is 0.429. The van der Waals surface area contributed by atoms with Gasteiger partial charge in [-0.2, -0.15) is 5.10 Å². The standard InChI is InChI=1S/C14H18N4O/c1-5-14(19-8-7-18-11-15-10-17-18)6-2-12(1)9-16-13-3-4-13/h1-2,5-6,10-11,13,16H,3-4,7-9H2. The molecule has 1 aromatic heterocycles. The number of rotatable bonds is 7. The second kappa shape index (κ2) is 5.84. The van der Waals surface area contributed by atoms with Crippen LogP contribution in [-0.2, 0) is 13.1 Å². The molecule has 0 amide bonds. The van der Waals surface area contributed by atoms with E-state index in [4.69, 9.17) is 4.74 Å². The molecule has 0 radical (unpaired) electrons. The van der Waals surface area contributed by atoms with E-state index in [1.165, 1.54) is 24.7 Å². The van der Waals surface area contributed by atoms with Gasteiger partial charge in [0.2, 0.25) is 0 Å². The summed E-state index contributed by atoms with van der Waals surface area (Å²) in [5.41, 5.74) is 1.30. The van der Waals surface area contributed by atoms with E-state index in [1.807, 2.05) is 12.1 Å². The average molecular weight is 258 g/mol. The Morgan fingerprint density at radius 2 is 2.11 bits per heavy atom. The molecule has 0 saturated heterocycles. The van der Waals surface area contributed by atoms with E-state index in [0.29, 0.717) is 13.2 Å². The molecule has 1 aliphatic rings. The predicted octanol–water partition coefficient (Wildman–Crippen LogP) is 1.61. The number of nitrogens with zero attached hydrogens (tertiary/aromatic N) is 3. The van der Waals surface area contributed by atoms with Crippen molar-refractivity contribution in [3.8, 4) is 5.75 Å². The Balaban J connectivity index is 1.42. The zero-order valence-electron chi connectivity index (χ0n) is 10.8. The number of hydrogen-bond acceptors (Lipinski definition) is 4. The van der Waals surface area contributed by atoms with Gasteiger partial charge in [0.1, 0.15) is 25.0 Å². The molecule has 1 fully saturated rings. The highest BCUT2D eigenvalue weighted by Gasteiger charge is 2.19. The van der Waals surface area contributed by atoms with Crippen LogP contribution in [0.25, 0.3) is 0 Å². The van der Waals surface area contributed by atoms with Crippen LogP contribution >= 0.6 is 0 Å². The summed E-state index contributed by atoms with van der Waals surface area (Å²) in [4.78, 5) is 3.89. The van der Waals surface area contributed by atoms with E-state index < -0.39 is 0 Å². The molecule has 0 aliphatic heterocycles. The number of nitrogens with one attached hydrogen (secondary N) is 1. The quantitative estimate of drug-likeness (QED) is 0.819. The fourth-order valence-electron chi connectivity index (χ4n) is 1.86. The number of aromatic nitrogens is 3. The van der Waals surface area contributed by atoms with Gasteiger partial charge >= 0.3 is 0 Å². The van der Waals surface area contributed by atoms with Crippen LogP contribution in [0, 0.1) is 0 Å². The van der Waals surface area contributed by atoms with Gasteiger partial charge in [0.25, 0.3) is 0 Å². The van der Waals surface area contributed by atoms with Gasteiger partial charge in [-0.1, -0.05) is 12.1 Å². The molecule has 0 spiro atoms. The van der Waals surface area contributed by atoms with E-state index in [2.05, 4.69) is 27.5 Å². The van der Waals surface area contributed by atoms with Gasteiger partial charge in [-0.15, -0.1) is 0 Å². The molecule has 1 N–H and O–H groups in total. The zero-order chi connectivity index (χ0) is 12.9. The molecule has 3 rings (SSSR count). The number of hydrogen-bond donors (Lipinski definition) is 1. The summed E-state index contributed by atoms with van der Waals surface area (Å²) in [5, 5.41) is 7.52. The largest absolute Gasteiger partial charge is 0.492 e. The van der Waals surface area contributed by atoms with Crippen molar-refractivity contribution in [2.75, 3.05) is 6.61 Å². The molecule has 0 unspecified atom stereocenters. The van der Waals surface area contributed by atoms with Gasteiger partial charge in [0.15, 0.2) is 0 Å². The Kier molecular flexibility index (Phi) is 3.74. The van der Waals surface area contributed by atoms with Gasteiger partial charge < -0.3 is 10.1 Å².